The number of halogens is 1. The number of nitrogens with two attached hydrogens (primary N) is 1. The molecule has 3 N–H and O–H groups in total. The first-order valence-electron chi connectivity index (χ1n) is 5.58. The Labute approximate surface area is 104 Å². The zero-order valence-electron chi connectivity index (χ0n) is 9.97. The molecule has 18 heavy (non-hydrogen) atoms. The van der Waals surface area contributed by atoms with Crippen molar-refractivity contribution in [2.24, 2.45) is 5.84 Å². The van der Waals surface area contributed by atoms with E-state index < -0.39 is 0 Å². The van der Waals surface area contributed by atoms with Gasteiger partial charge in [0, 0.05) is 12.7 Å². The van der Waals surface area contributed by atoms with Gasteiger partial charge in [0.2, 0.25) is 5.95 Å². The Kier molecular flexibility index (Phi) is 3.69. The highest BCUT2D eigenvalue weighted by atomic mass is 19.1. The van der Waals surface area contributed by atoms with Crippen LogP contribution in [-0.2, 0) is 0 Å². The van der Waals surface area contributed by atoms with E-state index in [0.717, 1.165) is 0 Å². The van der Waals surface area contributed by atoms with Crippen LogP contribution in [-0.4, -0.2) is 16.5 Å². The summed E-state index contributed by atoms with van der Waals surface area (Å²) in [6.45, 7) is 2.51. The molecule has 0 radical (unpaired) electrons. The van der Waals surface area contributed by atoms with Crippen molar-refractivity contribution in [1.29, 1.82) is 0 Å². The number of nitrogens with one attached hydrogen (secondary N) is 1. The second-order valence-electron chi connectivity index (χ2n) is 3.58. The SMILES string of the molecule is CCN(c1ccnc(NN)n1)c1ccccc1F. The van der Waals surface area contributed by atoms with Crippen molar-refractivity contribution in [3.8, 4) is 0 Å². The molecule has 0 aliphatic heterocycles. The third-order valence-electron chi connectivity index (χ3n) is 2.51. The third kappa shape index (κ3) is 2.38. The minimum absolute atomic E-state index is 0.291. The zero-order valence-corrected chi connectivity index (χ0v) is 9.97. The van der Waals surface area contributed by atoms with Gasteiger partial charge >= 0.3 is 0 Å². The maximum absolute atomic E-state index is 13.8. The fraction of sp³-hybridized carbons (Fsp3) is 0.167. The molecule has 2 aromatic rings. The van der Waals surface area contributed by atoms with Crippen LogP contribution in [0.1, 0.15) is 6.92 Å². The van der Waals surface area contributed by atoms with Gasteiger partial charge < -0.3 is 4.90 Å². The number of anilines is 3. The van der Waals surface area contributed by atoms with Crippen molar-refractivity contribution >= 4 is 17.5 Å². The van der Waals surface area contributed by atoms with E-state index in [2.05, 4.69) is 15.4 Å². The molecule has 0 saturated carbocycles. The second kappa shape index (κ2) is 5.42. The Morgan fingerprint density at radius 2 is 2.11 bits per heavy atom. The maximum Gasteiger partial charge on any atom is 0.239 e. The quantitative estimate of drug-likeness (QED) is 0.639. The second-order valence-corrected chi connectivity index (χ2v) is 3.58. The predicted octanol–water partition coefficient (Wildman–Crippen LogP) is 2.06. The average Bonchev–Trinajstić information content (AvgIpc) is 2.42. The number of benzene rings is 1. The molecule has 1 aromatic heterocycles. The van der Waals surface area contributed by atoms with Crippen molar-refractivity contribution in [1.82, 2.24) is 9.97 Å². The van der Waals surface area contributed by atoms with Crippen molar-refractivity contribution in [3.05, 3.63) is 42.3 Å². The molecule has 0 amide bonds. The molecule has 2 rings (SSSR count). The van der Waals surface area contributed by atoms with E-state index >= 15 is 0 Å². The molecule has 0 fully saturated rings. The third-order valence-corrected chi connectivity index (χ3v) is 2.51. The predicted molar refractivity (Wildman–Crippen MR) is 68.9 cm³/mol. The van der Waals surface area contributed by atoms with Gasteiger partial charge in [-0.2, -0.15) is 4.98 Å². The first kappa shape index (κ1) is 12.3. The molecule has 0 saturated heterocycles. The monoisotopic (exact) mass is 247 g/mol. The van der Waals surface area contributed by atoms with Crippen molar-refractivity contribution in [3.63, 3.8) is 0 Å². The summed E-state index contributed by atoms with van der Waals surface area (Å²) in [7, 11) is 0. The molecule has 5 nitrogen and oxygen atoms in total. The molecular formula is C12H14FN5. The van der Waals surface area contributed by atoms with Crippen LogP contribution >= 0.6 is 0 Å². The number of aromatic nitrogens is 2. The lowest BCUT2D eigenvalue weighted by molar-refractivity contribution is 0.625. The summed E-state index contributed by atoms with van der Waals surface area (Å²) in [6.07, 6.45) is 1.57. The van der Waals surface area contributed by atoms with Gasteiger partial charge in [-0.1, -0.05) is 12.1 Å². The fourth-order valence-electron chi connectivity index (χ4n) is 1.70. The van der Waals surface area contributed by atoms with E-state index in [1.807, 2.05) is 6.92 Å². The van der Waals surface area contributed by atoms with Gasteiger partial charge in [0.25, 0.3) is 0 Å². The molecule has 0 atom stereocenters. The van der Waals surface area contributed by atoms with E-state index in [1.54, 1.807) is 35.4 Å². The molecule has 0 aliphatic rings. The van der Waals surface area contributed by atoms with E-state index in [9.17, 15) is 4.39 Å². The van der Waals surface area contributed by atoms with Crippen molar-refractivity contribution in [2.45, 2.75) is 6.92 Å². The lowest BCUT2D eigenvalue weighted by Gasteiger charge is -2.22. The maximum atomic E-state index is 13.8. The molecule has 0 aliphatic carbocycles. The lowest BCUT2D eigenvalue weighted by atomic mass is 10.2. The Morgan fingerprint density at radius 1 is 1.33 bits per heavy atom. The Morgan fingerprint density at radius 3 is 2.78 bits per heavy atom. The molecule has 6 heteroatoms. The Bertz CT molecular complexity index is 531. The van der Waals surface area contributed by atoms with Crippen LogP contribution in [0.5, 0.6) is 0 Å². The van der Waals surface area contributed by atoms with Gasteiger partial charge in [-0.25, -0.2) is 15.2 Å². The lowest BCUT2D eigenvalue weighted by Crippen LogP contribution is -2.20. The summed E-state index contributed by atoms with van der Waals surface area (Å²) >= 11 is 0. The molecule has 0 unspecified atom stereocenters. The van der Waals surface area contributed by atoms with Gasteiger partial charge in [0.1, 0.15) is 11.6 Å². The highest BCUT2D eigenvalue weighted by molar-refractivity contribution is 5.61. The van der Waals surface area contributed by atoms with Crippen LogP contribution in [0, 0.1) is 5.82 Å². The summed E-state index contributed by atoms with van der Waals surface area (Å²) in [5.41, 5.74) is 2.84. The van der Waals surface area contributed by atoms with Crippen LogP contribution in [0.2, 0.25) is 0 Å². The highest BCUT2D eigenvalue weighted by Gasteiger charge is 2.13. The van der Waals surface area contributed by atoms with E-state index in [1.165, 1.54) is 6.07 Å². The normalized spacial score (nSPS) is 10.2. The average molecular weight is 247 g/mol. The van der Waals surface area contributed by atoms with Crippen LogP contribution in [0.25, 0.3) is 0 Å². The van der Waals surface area contributed by atoms with Crippen LogP contribution in [0.4, 0.5) is 21.8 Å². The number of para-hydroxylation sites is 1. The number of hydrogen-bond donors (Lipinski definition) is 2. The first-order chi connectivity index (χ1) is 8.76. The van der Waals surface area contributed by atoms with Gasteiger partial charge in [0.05, 0.1) is 5.69 Å². The molecule has 1 heterocycles. The van der Waals surface area contributed by atoms with Gasteiger partial charge in [-0.05, 0) is 25.1 Å². The van der Waals surface area contributed by atoms with Crippen LogP contribution in [0.3, 0.4) is 0 Å². The molecule has 1 aromatic carbocycles. The van der Waals surface area contributed by atoms with E-state index in [0.29, 0.717) is 24.0 Å². The van der Waals surface area contributed by atoms with Crippen LogP contribution < -0.4 is 16.2 Å². The van der Waals surface area contributed by atoms with Gasteiger partial charge in [0.15, 0.2) is 0 Å². The standard InChI is InChI=1S/C12H14FN5/c1-2-18(10-6-4-3-5-9(10)13)11-7-8-15-12(16-11)17-14/h3-8H,2,14H2,1H3,(H,15,16,17). The Hall–Kier alpha value is -2.21. The smallest absolute Gasteiger partial charge is 0.239 e. The van der Waals surface area contributed by atoms with Gasteiger partial charge in [-0.3, -0.25) is 5.43 Å². The first-order valence-corrected chi connectivity index (χ1v) is 5.58. The van der Waals surface area contributed by atoms with Crippen molar-refractivity contribution in [2.75, 3.05) is 16.9 Å². The minimum atomic E-state index is -0.291. The largest absolute Gasteiger partial charge is 0.324 e. The molecule has 0 bridgehead atoms. The number of nitrogens with zero attached hydrogens (tertiary/aromatic N) is 3. The summed E-state index contributed by atoms with van der Waals surface area (Å²) in [5.74, 6) is 5.85. The Balaban J connectivity index is 2.42. The minimum Gasteiger partial charge on any atom is -0.324 e. The number of hydrazine groups is 1. The van der Waals surface area contributed by atoms with Gasteiger partial charge in [-0.15, -0.1) is 0 Å². The highest BCUT2D eigenvalue weighted by Crippen LogP contribution is 2.25. The zero-order chi connectivity index (χ0) is 13.0. The number of rotatable bonds is 4. The summed E-state index contributed by atoms with van der Waals surface area (Å²) in [4.78, 5) is 9.86. The van der Waals surface area contributed by atoms with E-state index in [4.69, 9.17) is 5.84 Å². The van der Waals surface area contributed by atoms with Crippen molar-refractivity contribution < 1.29 is 4.39 Å². The summed E-state index contributed by atoms with van der Waals surface area (Å²) < 4.78 is 13.8. The number of nitrogen functional groups attached to an aromatic ring is 1. The summed E-state index contributed by atoms with van der Waals surface area (Å²) in [5, 5.41) is 0. The molecule has 0 spiro atoms. The number of hydrogen-bond acceptors (Lipinski definition) is 5. The fourth-order valence-corrected chi connectivity index (χ4v) is 1.70. The molecule has 94 valence electrons. The van der Waals surface area contributed by atoms with Crippen LogP contribution in [0.15, 0.2) is 36.5 Å². The molecular weight excluding hydrogens is 233 g/mol. The summed E-state index contributed by atoms with van der Waals surface area (Å²) in [6, 6.07) is 8.26. The van der Waals surface area contributed by atoms with E-state index in [-0.39, 0.29) is 5.82 Å². The topological polar surface area (TPSA) is 67.1 Å².